The van der Waals surface area contributed by atoms with E-state index in [0.29, 0.717) is 0 Å². The van der Waals surface area contributed by atoms with E-state index in [1.54, 1.807) is 0 Å². The Kier molecular flexibility index (Phi) is 190000. The molecular weight excluding hydrogens is 744 g/mol. The average Bonchev–Trinajstić information content (AvgIpc) is 0. The van der Waals surface area contributed by atoms with Crippen molar-refractivity contribution < 1.29 is 144 Å². The van der Waals surface area contributed by atoms with Crippen LogP contribution in [0.25, 0.3) is 0 Å². The Balaban J connectivity index is 0. The van der Waals surface area contributed by atoms with Crippen molar-refractivity contribution >= 4 is 0 Å². The number of rotatable bonds is 0. The summed E-state index contributed by atoms with van der Waals surface area (Å²) in [5.41, 5.74) is 0. The largest absolute Gasteiger partial charge is 5.00 e. The maximum Gasteiger partial charge on any atom is 5.00 e. The van der Waals surface area contributed by atoms with E-state index in [1.807, 2.05) is 0 Å². The van der Waals surface area contributed by atoms with Gasteiger partial charge >= 0.3 is 58.4 Å². The SMILES string of the molecule is N.N.N.N.N.N.N.N.N.N.N.N.N.N.O.O.[Cl-].[Cl-].[Cl-].[Cl-].[Cl-].[Cl-].[Ru+4].[Ru+5].[Ru+5]. The number of hydrogen-bond acceptors (Lipinski definition) is 14. The molecule has 0 aliphatic carbocycles. The minimum Gasteiger partial charge on any atom is -1.00 e. The zero-order valence-electron chi connectivity index (χ0n) is 14.2. The molecule has 0 rings (SSSR count). The first-order valence-electron chi connectivity index (χ1n) is 0. The van der Waals surface area contributed by atoms with Gasteiger partial charge in [-0.1, -0.05) is 0 Å². The maximum absolute atomic E-state index is 0. The molecular formula is H46Cl6N14O2Ru3+8. The summed E-state index contributed by atoms with van der Waals surface area (Å²) in [6.07, 6.45) is 0. The molecule has 0 heterocycles. The summed E-state index contributed by atoms with van der Waals surface area (Å²) in [7, 11) is 0. The van der Waals surface area contributed by atoms with E-state index in [4.69, 9.17) is 0 Å². The first kappa shape index (κ1) is 2310. The molecule has 16 nitrogen and oxygen atoms in total. The topological polar surface area (TPSA) is 553 Å². The van der Waals surface area contributed by atoms with Gasteiger partial charge in [0, 0.05) is 0 Å². The van der Waals surface area contributed by atoms with E-state index in [1.165, 1.54) is 0 Å². The van der Waals surface area contributed by atoms with Crippen molar-refractivity contribution in [2.75, 3.05) is 0 Å². The molecule has 0 aliphatic heterocycles. The van der Waals surface area contributed by atoms with Gasteiger partial charge in [0.15, 0.2) is 0 Å². The van der Waals surface area contributed by atoms with Gasteiger partial charge in [-0.2, -0.15) is 0 Å². The van der Waals surface area contributed by atoms with Crippen LogP contribution >= 0.6 is 0 Å². The van der Waals surface area contributed by atoms with Crippen LogP contribution in [0.1, 0.15) is 0 Å². The Hall–Kier alpha value is 2.97. The van der Waals surface area contributed by atoms with Gasteiger partial charge in [0.1, 0.15) is 0 Å². The van der Waals surface area contributed by atoms with Crippen LogP contribution in [0.2, 0.25) is 0 Å². The van der Waals surface area contributed by atoms with Gasteiger partial charge in [-0.25, -0.2) is 0 Å². The number of halogens is 6. The minimum atomic E-state index is 0. The molecule has 0 fully saturated rings. The minimum absolute atomic E-state index is 0. The van der Waals surface area contributed by atoms with Gasteiger partial charge in [0.25, 0.3) is 0 Å². The summed E-state index contributed by atoms with van der Waals surface area (Å²) in [6, 6.07) is 0. The van der Waals surface area contributed by atoms with E-state index in [-0.39, 0.29) is 230 Å². The molecule has 0 aromatic rings. The van der Waals surface area contributed by atoms with Crippen molar-refractivity contribution in [2.24, 2.45) is 0 Å². The molecule has 186 valence electrons. The predicted molar refractivity (Wildman–Crippen MR) is 77.5 cm³/mol. The molecule has 0 aromatic carbocycles. The van der Waals surface area contributed by atoms with E-state index in [9.17, 15) is 0 Å². The normalized spacial score (nSPS) is 0. The van der Waals surface area contributed by atoms with Crippen molar-refractivity contribution in [3.05, 3.63) is 0 Å². The van der Waals surface area contributed by atoms with Crippen molar-refractivity contribution in [3.8, 4) is 0 Å². The van der Waals surface area contributed by atoms with E-state index < -0.39 is 0 Å². The molecule has 0 aliphatic rings. The third-order valence-corrected chi connectivity index (χ3v) is 0. The smallest absolute Gasteiger partial charge is 1.00 e. The molecule has 0 aromatic heterocycles. The van der Waals surface area contributed by atoms with E-state index in [0.717, 1.165) is 0 Å². The van der Waals surface area contributed by atoms with Crippen molar-refractivity contribution in [3.63, 3.8) is 0 Å². The van der Waals surface area contributed by atoms with Crippen molar-refractivity contribution in [2.45, 2.75) is 0 Å². The van der Waals surface area contributed by atoms with Gasteiger partial charge in [0.05, 0.1) is 0 Å². The Labute approximate surface area is 228 Å². The summed E-state index contributed by atoms with van der Waals surface area (Å²) in [5.74, 6) is 0. The quantitative estimate of drug-likeness (QED) is 0.101. The molecule has 0 saturated carbocycles. The van der Waals surface area contributed by atoms with Crippen LogP contribution in [-0.2, 0) is 58.4 Å². The Morgan fingerprint density at radius 2 is 0.200 bits per heavy atom. The van der Waals surface area contributed by atoms with Crippen LogP contribution in [0, 0.1) is 0 Å². The van der Waals surface area contributed by atoms with Gasteiger partial charge in [-0.3, -0.25) is 0 Å². The van der Waals surface area contributed by atoms with Crippen molar-refractivity contribution in [1.82, 2.24) is 86.1 Å². The van der Waals surface area contributed by atoms with Crippen LogP contribution in [0.3, 0.4) is 0 Å². The van der Waals surface area contributed by atoms with E-state index >= 15 is 0 Å². The first-order chi connectivity index (χ1) is 0. The van der Waals surface area contributed by atoms with Gasteiger partial charge in [-0.15, -0.1) is 0 Å². The van der Waals surface area contributed by atoms with Gasteiger partial charge in [-0.05, 0) is 0 Å². The molecule has 0 atom stereocenters. The Morgan fingerprint density at radius 1 is 0.200 bits per heavy atom. The summed E-state index contributed by atoms with van der Waals surface area (Å²) in [5, 5.41) is 0. The first-order valence-corrected chi connectivity index (χ1v) is 0. The Bertz CT molecular complexity index is 40.5. The monoisotopic (exact) mass is 790 g/mol. The molecule has 0 bridgehead atoms. The molecule has 0 spiro atoms. The molecule has 46 N–H and O–H groups in total. The average molecular weight is 790 g/mol. The third kappa shape index (κ3) is 1910. The van der Waals surface area contributed by atoms with Crippen molar-refractivity contribution in [1.29, 1.82) is 0 Å². The summed E-state index contributed by atoms with van der Waals surface area (Å²) in [4.78, 5) is 0. The van der Waals surface area contributed by atoms with Crippen LogP contribution in [0.4, 0.5) is 0 Å². The van der Waals surface area contributed by atoms with Crippen LogP contribution in [-0.4, -0.2) is 11.0 Å². The van der Waals surface area contributed by atoms with Gasteiger partial charge in [0.2, 0.25) is 0 Å². The summed E-state index contributed by atoms with van der Waals surface area (Å²) < 4.78 is 0. The molecule has 25 heteroatoms. The second kappa shape index (κ2) is 2060. The van der Waals surface area contributed by atoms with Gasteiger partial charge < -0.3 is 172 Å². The third-order valence-electron chi connectivity index (χ3n) is 0. The zero-order chi connectivity index (χ0) is 0. The Morgan fingerprint density at radius 3 is 0.200 bits per heavy atom. The molecule has 2 radical (unpaired) electrons. The summed E-state index contributed by atoms with van der Waals surface area (Å²) in [6.45, 7) is 0. The fraction of sp³-hybridized carbons (Fsp3) is 0. The number of hydrogen-bond donors (Lipinski definition) is 14. The zero-order valence-corrected chi connectivity index (χ0v) is 24.0. The maximum atomic E-state index is 0. The molecule has 0 amide bonds. The van der Waals surface area contributed by atoms with E-state index in [2.05, 4.69) is 0 Å². The molecule has 25 heavy (non-hydrogen) atoms. The molecule has 0 saturated heterocycles. The summed E-state index contributed by atoms with van der Waals surface area (Å²) >= 11 is 0. The van der Waals surface area contributed by atoms with Crippen LogP contribution in [0.5, 0.6) is 0 Å². The molecule has 0 unspecified atom stereocenters. The van der Waals surface area contributed by atoms with Crippen LogP contribution in [0.15, 0.2) is 0 Å². The second-order valence-electron chi connectivity index (χ2n) is 0. The van der Waals surface area contributed by atoms with Crippen LogP contribution < -0.4 is 161 Å². The standard InChI is InChI=1S/6ClH.14H3N.2H2O.3Ru/h6*1H;14*1H3;2*1H2;;;/q;;;;;;;;;;;;;;;;;;;;;;+4;2*+5/p-6. The predicted octanol–water partition coefficient (Wildman–Crippen LogP) is -17.4. The fourth-order valence-electron chi connectivity index (χ4n) is 0. The second-order valence-corrected chi connectivity index (χ2v) is 0. The fourth-order valence-corrected chi connectivity index (χ4v) is 0.